The molecular weight excluding hydrogens is 376 g/mol. The first-order valence-electron chi connectivity index (χ1n) is 9.86. The van der Waals surface area contributed by atoms with Gasteiger partial charge in [-0.1, -0.05) is 36.4 Å². The number of hydrogen-bond acceptors (Lipinski definition) is 6. The van der Waals surface area contributed by atoms with Gasteiger partial charge < -0.3 is 10.1 Å². The molecule has 0 unspecified atom stereocenters. The highest BCUT2D eigenvalue weighted by Crippen LogP contribution is 2.30. The second kappa shape index (κ2) is 7.65. The molecule has 0 spiro atoms. The van der Waals surface area contributed by atoms with Gasteiger partial charge in [0.25, 0.3) is 0 Å². The van der Waals surface area contributed by atoms with Crippen LogP contribution in [0.15, 0.2) is 66.9 Å². The highest BCUT2D eigenvalue weighted by atomic mass is 16.5. The minimum atomic E-state index is -0.164. The average Bonchev–Trinajstić information content (AvgIpc) is 2.73. The van der Waals surface area contributed by atoms with Crippen LogP contribution in [0.1, 0.15) is 33.2 Å². The third kappa shape index (κ3) is 3.42. The molecule has 5 rings (SSSR count). The Morgan fingerprint density at radius 1 is 1.00 bits per heavy atom. The van der Waals surface area contributed by atoms with E-state index in [0.717, 1.165) is 35.4 Å². The molecule has 30 heavy (non-hydrogen) atoms. The number of nitrogens with one attached hydrogen (secondary N) is 1. The first kappa shape index (κ1) is 18.4. The van der Waals surface area contributed by atoms with E-state index in [-0.39, 0.29) is 5.78 Å². The molecule has 2 aromatic heterocycles. The van der Waals surface area contributed by atoms with Crippen LogP contribution in [0.25, 0.3) is 10.8 Å². The number of benzene rings is 2. The zero-order valence-electron chi connectivity index (χ0n) is 16.5. The largest absolute Gasteiger partial charge is 0.380 e. The molecule has 6 heteroatoms. The number of aryl methyl sites for hydroxylation is 1. The number of anilines is 2. The highest BCUT2D eigenvalue weighted by molar-refractivity contribution is 6.16. The molecule has 0 amide bonds. The Morgan fingerprint density at radius 3 is 2.60 bits per heavy atom. The number of nitrogens with zero attached hydrogens (tertiary/aromatic N) is 3. The van der Waals surface area contributed by atoms with E-state index >= 15 is 0 Å². The summed E-state index contributed by atoms with van der Waals surface area (Å²) in [6.45, 7) is 3.38. The van der Waals surface area contributed by atoms with E-state index < -0.39 is 0 Å². The van der Waals surface area contributed by atoms with Crippen LogP contribution < -0.4 is 5.32 Å². The summed E-state index contributed by atoms with van der Waals surface area (Å²) in [5.74, 6) is 0.899. The topological polar surface area (TPSA) is 77.0 Å². The maximum Gasteiger partial charge on any atom is 0.214 e. The summed E-state index contributed by atoms with van der Waals surface area (Å²) in [5.41, 5.74) is 3.85. The van der Waals surface area contributed by atoms with Gasteiger partial charge in [0.05, 0.1) is 13.2 Å². The van der Waals surface area contributed by atoms with Crippen molar-refractivity contribution in [3.63, 3.8) is 0 Å². The van der Waals surface area contributed by atoms with E-state index in [4.69, 9.17) is 4.74 Å². The molecule has 6 nitrogen and oxygen atoms in total. The van der Waals surface area contributed by atoms with Gasteiger partial charge in [-0.2, -0.15) is 0 Å². The van der Waals surface area contributed by atoms with Gasteiger partial charge in [-0.05, 0) is 36.8 Å². The Balaban J connectivity index is 1.52. The van der Waals surface area contributed by atoms with Crippen molar-refractivity contribution in [1.82, 2.24) is 15.2 Å². The fraction of sp³-hybridized carbons (Fsp3) is 0.167. The van der Waals surface area contributed by atoms with Crippen molar-refractivity contribution in [2.45, 2.75) is 12.8 Å². The minimum absolute atomic E-state index is 0.164. The molecular formula is C24H20N4O2. The highest BCUT2D eigenvalue weighted by Gasteiger charge is 2.21. The fourth-order valence-corrected chi connectivity index (χ4v) is 3.62. The van der Waals surface area contributed by atoms with E-state index in [2.05, 4.69) is 32.6 Å². The summed E-state index contributed by atoms with van der Waals surface area (Å²) in [5, 5.41) is 13.6. The third-order valence-electron chi connectivity index (χ3n) is 5.32. The Labute approximate surface area is 173 Å². The molecule has 0 atom stereocenters. The van der Waals surface area contributed by atoms with Crippen LogP contribution in [-0.2, 0) is 4.74 Å². The van der Waals surface area contributed by atoms with E-state index in [1.54, 1.807) is 18.3 Å². The van der Waals surface area contributed by atoms with Crippen molar-refractivity contribution in [2.24, 2.45) is 0 Å². The molecule has 0 radical (unpaired) electrons. The van der Waals surface area contributed by atoms with Gasteiger partial charge in [0.15, 0.2) is 5.82 Å². The van der Waals surface area contributed by atoms with Gasteiger partial charge in [-0.25, -0.2) is 0 Å². The maximum atomic E-state index is 13.1. The predicted octanol–water partition coefficient (Wildman–Crippen LogP) is 4.42. The van der Waals surface area contributed by atoms with Crippen LogP contribution in [0.3, 0.4) is 0 Å². The molecule has 1 N–H and O–H groups in total. The van der Waals surface area contributed by atoms with Crippen molar-refractivity contribution >= 4 is 28.1 Å². The molecule has 0 aliphatic carbocycles. The van der Waals surface area contributed by atoms with Crippen molar-refractivity contribution < 1.29 is 9.53 Å². The number of carbonyl (C=O) groups is 1. The molecule has 1 fully saturated rings. The standard InChI is InChI=1S/C24H20N4O2/c1-15-11-17(9-10-25-15)23(29)22-20-7-2-3-8-21(20)24(28-27-22)26-19-6-4-5-16(12-19)18-13-30-14-18/h2-12,18H,13-14H2,1H3,(H,26,28). The number of hydrogen-bond donors (Lipinski definition) is 1. The van der Waals surface area contributed by atoms with Crippen molar-refractivity contribution in [1.29, 1.82) is 0 Å². The molecule has 1 aliphatic rings. The molecule has 4 aromatic rings. The lowest BCUT2D eigenvalue weighted by Gasteiger charge is -2.26. The van der Waals surface area contributed by atoms with Crippen LogP contribution >= 0.6 is 0 Å². The molecule has 1 aliphatic heterocycles. The predicted molar refractivity (Wildman–Crippen MR) is 115 cm³/mol. The van der Waals surface area contributed by atoms with Gasteiger partial charge in [-0.3, -0.25) is 9.78 Å². The molecule has 2 aromatic carbocycles. The van der Waals surface area contributed by atoms with Crippen molar-refractivity contribution in [3.8, 4) is 0 Å². The van der Waals surface area contributed by atoms with Crippen molar-refractivity contribution in [2.75, 3.05) is 18.5 Å². The number of fused-ring (bicyclic) bond motifs is 1. The fourth-order valence-electron chi connectivity index (χ4n) is 3.62. The van der Waals surface area contributed by atoms with Crippen LogP contribution in [-0.4, -0.2) is 34.2 Å². The normalized spacial score (nSPS) is 13.8. The van der Waals surface area contributed by atoms with Gasteiger partial charge >= 0.3 is 0 Å². The third-order valence-corrected chi connectivity index (χ3v) is 5.32. The molecule has 0 saturated carbocycles. The Bertz CT molecular complexity index is 1250. The van der Waals surface area contributed by atoms with Gasteiger partial charge in [0.1, 0.15) is 5.69 Å². The first-order valence-corrected chi connectivity index (χ1v) is 9.86. The number of ether oxygens (including phenoxy) is 1. The van der Waals surface area contributed by atoms with E-state index in [0.29, 0.717) is 23.0 Å². The first-order chi connectivity index (χ1) is 14.7. The summed E-state index contributed by atoms with van der Waals surface area (Å²) in [4.78, 5) is 17.2. The quantitative estimate of drug-likeness (QED) is 0.503. The molecule has 1 saturated heterocycles. The maximum absolute atomic E-state index is 13.1. The second-order valence-corrected chi connectivity index (χ2v) is 7.44. The lowest BCUT2D eigenvalue weighted by atomic mass is 9.97. The average molecular weight is 396 g/mol. The van der Waals surface area contributed by atoms with Crippen molar-refractivity contribution in [3.05, 3.63) is 89.4 Å². The second-order valence-electron chi connectivity index (χ2n) is 7.44. The summed E-state index contributed by atoms with van der Waals surface area (Å²) in [6.07, 6.45) is 1.63. The van der Waals surface area contributed by atoms with Crippen LogP contribution in [0.4, 0.5) is 11.5 Å². The summed E-state index contributed by atoms with van der Waals surface area (Å²) >= 11 is 0. The summed E-state index contributed by atoms with van der Waals surface area (Å²) < 4.78 is 5.31. The zero-order valence-corrected chi connectivity index (χ0v) is 16.5. The van der Waals surface area contributed by atoms with Gasteiger partial charge in [-0.15, -0.1) is 10.2 Å². The summed E-state index contributed by atoms with van der Waals surface area (Å²) in [7, 11) is 0. The van der Waals surface area contributed by atoms with Gasteiger partial charge in [0.2, 0.25) is 5.78 Å². The number of rotatable bonds is 5. The van der Waals surface area contributed by atoms with E-state index in [9.17, 15) is 4.79 Å². The Kier molecular flexibility index (Phi) is 4.69. The number of pyridine rings is 1. The number of aromatic nitrogens is 3. The minimum Gasteiger partial charge on any atom is -0.380 e. The lowest BCUT2D eigenvalue weighted by Crippen LogP contribution is -2.24. The van der Waals surface area contributed by atoms with E-state index in [1.165, 1.54) is 5.56 Å². The summed E-state index contributed by atoms with van der Waals surface area (Å²) in [6, 6.07) is 19.4. The van der Waals surface area contributed by atoms with Crippen LogP contribution in [0.2, 0.25) is 0 Å². The smallest absolute Gasteiger partial charge is 0.214 e. The number of carbonyl (C=O) groups excluding carboxylic acids is 1. The Hall–Kier alpha value is -3.64. The van der Waals surface area contributed by atoms with Gasteiger partial charge in [0, 0.05) is 39.8 Å². The monoisotopic (exact) mass is 396 g/mol. The number of ketones is 1. The van der Waals surface area contributed by atoms with Crippen LogP contribution in [0.5, 0.6) is 0 Å². The Morgan fingerprint density at radius 2 is 1.83 bits per heavy atom. The molecule has 3 heterocycles. The SMILES string of the molecule is Cc1cc(C(=O)c2nnc(Nc3cccc(C4COC4)c3)c3ccccc23)ccn1. The van der Waals surface area contributed by atoms with E-state index in [1.807, 2.05) is 43.3 Å². The van der Waals surface area contributed by atoms with Crippen LogP contribution in [0, 0.1) is 6.92 Å². The lowest BCUT2D eigenvalue weighted by molar-refractivity contribution is 0.00844. The zero-order chi connectivity index (χ0) is 20.5. The molecule has 0 bridgehead atoms. The molecule has 148 valence electrons.